The second kappa shape index (κ2) is 9.73. The van der Waals surface area contributed by atoms with Gasteiger partial charge in [-0.3, -0.25) is 14.5 Å². The summed E-state index contributed by atoms with van der Waals surface area (Å²) >= 11 is 0. The van der Waals surface area contributed by atoms with Crippen molar-refractivity contribution in [3.05, 3.63) is 54.6 Å². The van der Waals surface area contributed by atoms with Gasteiger partial charge in [0.15, 0.2) is 0 Å². The Balaban J connectivity index is 1.86. The quantitative estimate of drug-likeness (QED) is 0.793. The third kappa shape index (κ3) is 5.70. The molecular weight excluding hydrogens is 326 g/mol. The first-order chi connectivity index (χ1) is 12.5. The number of amides is 2. The molecule has 0 heterocycles. The maximum absolute atomic E-state index is 12.2. The normalized spacial score (nSPS) is 10.6. The lowest BCUT2D eigenvalue weighted by atomic mass is 10.1. The van der Waals surface area contributed by atoms with E-state index in [1.807, 2.05) is 56.3 Å². The van der Waals surface area contributed by atoms with E-state index in [0.717, 1.165) is 16.8 Å². The van der Waals surface area contributed by atoms with Crippen LogP contribution in [-0.4, -0.2) is 54.8 Å². The summed E-state index contributed by atoms with van der Waals surface area (Å²) in [6, 6.07) is 17.8. The zero-order valence-corrected chi connectivity index (χ0v) is 15.7. The molecule has 2 rings (SSSR count). The lowest BCUT2D eigenvalue weighted by Gasteiger charge is -2.22. The molecule has 0 aliphatic rings. The van der Waals surface area contributed by atoms with Crippen LogP contribution in [-0.2, 0) is 9.59 Å². The molecule has 0 saturated carbocycles. The summed E-state index contributed by atoms with van der Waals surface area (Å²) < 4.78 is 0. The molecule has 138 valence electrons. The lowest BCUT2D eigenvalue weighted by molar-refractivity contribution is -0.132. The number of hydrogen-bond acceptors (Lipinski definition) is 3. The van der Waals surface area contributed by atoms with E-state index in [1.54, 1.807) is 16.8 Å². The van der Waals surface area contributed by atoms with Crippen LogP contribution >= 0.6 is 0 Å². The van der Waals surface area contributed by atoms with Crippen molar-refractivity contribution in [2.75, 3.05) is 38.5 Å². The fourth-order valence-corrected chi connectivity index (χ4v) is 2.79. The first-order valence-corrected chi connectivity index (χ1v) is 8.95. The van der Waals surface area contributed by atoms with Crippen LogP contribution < -0.4 is 5.32 Å². The molecule has 0 spiro atoms. The van der Waals surface area contributed by atoms with Crippen LogP contribution in [0.4, 0.5) is 5.69 Å². The van der Waals surface area contributed by atoms with Crippen LogP contribution in [0, 0.1) is 0 Å². The topological polar surface area (TPSA) is 52.7 Å². The van der Waals surface area contributed by atoms with Gasteiger partial charge in [-0.05, 0) is 44.2 Å². The Labute approximate surface area is 155 Å². The molecule has 0 aliphatic heterocycles. The van der Waals surface area contributed by atoms with Crippen LogP contribution in [0.2, 0.25) is 0 Å². The van der Waals surface area contributed by atoms with Gasteiger partial charge in [0.2, 0.25) is 11.8 Å². The molecule has 0 bridgehead atoms. The van der Waals surface area contributed by atoms with E-state index in [4.69, 9.17) is 0 Å². The number of nitrogens with zero attached hydrogens (tertiary/aromatic N) is 2. The Morgan fingerprint density at radius 1 is 0.846 bits per heavy atom. The molecular formula is C21H27N3O2. The van der Waals surface area contributed by atoms with Gasteiger partial charge in [0.25, 0.3) is 0 Å². The highest BCUT2D eigenvalue weighted by Gasteiger charge is 2.14. The number of carbonyl (C=O) groups excluding carboxylic acids is 2. The fraction of sp³-hybridized carbons (Fsp3) is 0.333. The molecule has 0 aromatic heterocycles. The monoisotopic (exact) mass is 353 g/mol. The van der Waals surface area contributed by atoms with Crippen molar-refractivity contribution in [3.8, 4) is 11.1 Å². The second-order valence-electron chi connectivity index (χ2n) is 6.23. The number of rotatable bonds is 8. The summed E-state index contributed by atoms with van der Waals surface area (Å²) in [7, 11) is 1.78. The van der Waals surface area contributed by atoms with Crippen molar-refractivity contribution >= 4 is 17.5 Å². The highest BCUT2D eigenvalue weighted by molar-refractivity contribution is 5.92. The average Bonchev–Trinajstić information content (AvgIpc) is 2.63. The Bertz CT molecular complexity index is 710. The van der Waals surface area contributed by atoms with E-state index in [-0.39, 0.29) is 24.9 Å². The van der Waals surface area contributed by atoms with Gasteiger partial charge in [-0.15, -0.1) is 0 Å². The van der Waals surface area contributed by atoms with E-state index in [2.05, 4.69) is 17.4 Å². The van der Waals surface area contributed by atoms with Gasteiger partial charge in [-0.1, -0.05) is 42.5 Å². The smallest absolute Gasteiger partial charge is 0.238 e. The van der Waals surface area contributed by atoms with Crippen LogP contribution in [0.15, 0.2) is 54.6 Å². The molecule has 0 fully saturated rings. The van der Waals surface area contributed by atoms with Gasteiger partial charge in [0.05, 0.1) is 13.1 Å². The summed E-state index contributed by atoms with van der Waals surface area (Å²) in [4.78, 5) is 27.8. The van der Waals surface area contributed by atoms with E-state index >= 15 is 0 Å². The van der Waals surface area contributed by atoms with Gasteiger partial charge in [0, 0.05) is 18.8 Å². The zero-order valence-electron chi connectivity index (χ0n) is 15.7. The number of carbonyl (C=O) groups is 2. The van der Waals surface area contributed by atoms with Gasteiger partial charge in [-0.2, -0.15) is 0 Å². The second-order valence-corrected chi connectivity index (χ2v) is 6.23. The summed E-state index contributed by atoms with van der Waals surface area (Å²) in [6.07, 6.45) is 0. The van der Waals surface area contributed by atoms with Gasteiger partial charge >= 0.3 is 0 Å². The van der Waals surface area contributed by atoms with E-state index in [1.165, 1.54) is 0 Å². The maximum atomic E-state index is 12.2. The predicted molar refractivity (Wildman–Crippen MR) is 106 cm³/mol. The number of benzene rings is 2. The number of nitrogens with one attached hydrogen (secondary N) is 1. The molecule has 1 N–H and O–H groups in total. The molecule has 2 aromatic carbocycles. The van der Waals surface area contributed by atoms with E-state index < -0.39 is 0 Å². The van der Waals surface area contributed by atoms with Crippen molar-refractivity contribution in [2.45, 2.75) is 13.8 Å². The number of likely N-dealkylation sites (N-methyl/N-ethyl adjacent to an activating group) is 2. The Hall–Kier alpha value is -2.66. The average molecular weight is 353 g/mol. The van der Waals surface area contributed by atoms with Crippen LogP contribution in [0.5, 0.6) is 0 Å². The fourth-order valence-electron chi connectivity index (χ4n) is 2.79. The molecule has 0 saturated heterocycles. The van der Waals surface area contributed by atoms with Gasteiger partial charge in [0.1, 0.15) is 0 Å². The van der Waals surface area contributed by atoms with Gasteiger partial charge in [-0.25, -0.2) is 0 Å². The minimum atomic E-state index is -0.132. The molecule has 0 atom stereocenters. The van der Waals surface area contributed by atoms with Crippen molar-refractivity contribution in [2.24, 2.45) is 0 Å². The molecule has 0 unspecified atom stereocenters. The molecule has 5 heteroatoms. The molecule has 26 heavy (non-hydrogen) atoms. The highest BCUT2D eigenvalue weighted by atomic mass is 16.2. The van der Waals surface area contributed by atoms with E-state index in [9.17, 15) is 9.59 Å². The molecule has 2 aromatic rings. The Morgan fingerprint density at radius 2 is 1.42 bits per heavy atom. The van der Waals surface area contributed by atoms with Crippen molar-refractivity contribution < 1.29 is 9.59 Å². The number of hydrogen-bond donors (Lipinski definition) is 1. The predicted octanol–water partition coefficient (Wildman–Crippen LogP) is 3.09. The van der Waals surface area contributed by atoms with Crippen LogP contribution in [0.25, 0.3) is 11.1 Å². The number of anilines is 1. The minimum Gasteiger partial charge on any atom is -0.342 e. The van der Waals surface area contributed by atoms with Gasteiger partial charge < -0.3 is 10.2 Å². The van der Waals surface area contributed by atoms with Crippen molar-refractivity contribution in [1.82, 2.24) is 9.80 Å². The molecule has 0 aliphatic carbocycles. The first kappa shape index (κ1) is 19.7. The standard InChI is InChI=1S/C21H27N3O2/c1-4-24(5-2)21(26)16-23(3)15-20(25)22-19-13-11-18(12-14-19)17-9-7-6-8-10-17/h6-14H,4-5,15-16H2,1-3H3,(H,22,25). The highest BCUT2D eigenvalue weighted by Crippen LogP contribution is 2.20. The Kier molecular flexibility index (Phi) is 7.36. The maximum Gasteiger partial charge on any atom is 0.238 e. The lowest BCUT2D eigenvalue weighted by Crippen LogP contribution is -2.41. The third-order valence-electron chi connectivity index (χ3n) is 4.21. The summed E-state index contributed by atoms with van der Waals surface area (Å²) in [5.41, 5.74) is 2.99. The summed E-state index contributed by atoms with van der Waals surface area (Å²) in [5.74, 6) is -0.0928. The third-order valence-corrected chi connectivity index (χ3v) is 4.21. The Morgan fingerprint density at radius 3 is 2.00 bits per heavy atom. The van der Waals surface area contributed by atoms with Crippen molar-refractivity contribution in [1.29, 1.82) is 0 Å². The van der Waals surface area contributed by atoms with Crippen molar-refractivity contribution in [3.63, 3.8) is 0 Å². The molecule has 0 radical (unpaired) electrons. The summed E-state index contributed by atoms with van der Waals surface area (Å²) in [5, 5.41) is 2.88. The van der Waals surface area contributed by atoms with Crippen LogP contribution in [0.1, 0.15) is 13.8 Å². The SMILES string of the molecule is CCN(CC)C(=O)CN(C)CC(=O)Nc1ccc(-c2ccccc2)cc1. The first-order valence-electron chi connectivity index (χ1n) is 8.95. The minimum absolute atomic E-state index is 0.0394. The summed E-state index contributed by atoms with van der Waals surface area (Å²) in [6.45, 7) is 5.68. The zero-order chi connectivity index (χ0) is 18.9. The van der Waals surface area contributed by atoms with Crippen LogP contribution in [0.3, 0.4) is 0 Å². The van der Waals surface area contributed by atoms with E-state index in [0.29, 0.717) is 13.1 Å². The largest absolute Gasteiger partial charge is 0.342 e. The molecule has 5 nitrogen and oxygen atoms in total. The molecule has 2 amide bonds.